The number of carbonyl (C=O) groups is 1. The highest BCUT2D eigenvalue weighted by Gasteiger charge is 2.52. The van der Waals surface area contributed by atoms with Gasteiger partial charge in [0.2, 0.25) is 0 Å². The van der Waals surface area contributed by atoms with Crippen LogP contribution in [0.5, 0.6) is 5.75 Å². The maximum atomic E-state index is 13.2. The number of sulfone groups is 1. The van der Waals surface area contributed by atoms with Crippen molar-refractivity contribution in [3.63, 3.8) is 0 Å². The van der Waals surface area contributed by atoms with Gasteiger partial charge >= 0.3 is 0 Å². The van der Waals surface area contributed by atoms with E-state index in [2.05, 4.69) is 4.99 Å². The molecule has 0 radical (unpaired) electrons. The van der Waals surface area contributed by atoms with E-state index in [1.807, 2.05) is 30.3 Å². The Kier molecular flexibility index (Phi) is 9.02. The first-order chi connectivity index (χ1) is 14.9. The third-order valence-electron chi connectivity index (χ3n) is 5.18. The van der Waals surface area contributed by atoms with Crippen molar-refractivity contribution in [2.75, 3.05) is 26.4 Å². The molecule has 2 aromatic carbocycles. The summed E-state index contributed by atoms with van der Waals surface area (Å²) in [5.74, 6) is -0.0837. The molecule has 0 aliphatic carbocycles. The molecule has 2 aromatic rings. The third-order valence-corrected chi connectivity index (χ3v) is 7.69. The summed E-state index contributed by atoms with van der Waals surface area (Å²) in [7, 11) is -4.06. The number of aliphatic imine (C=N–C) groups is 1. The summed E-state index contributed by atoms with van der Waals surface area (Å²) in [6.07, 6.45) is -0.0817. The topological polar surface area (TPSA) is 140 Å². The van der Waals surface area contributed by atoms with E-state index in [-0.39, 0.29) is 50.0 Å². The quantitative estimate of drug-likeness (QED) is 0.171. The van der Waals surface area contributed by atoms with Crippen LogP contribution in [0.4, 0.5) is 0 Å². The van der Waals surface area contributed by atoms with Crippen molar-refractivity contribution < 1.29 is 27.9 Å². The minimum Gasteiger partial charge on any atom is -0.492 e. The number of nitrogens with one attached hydrogen (secondary N) is 1. The number of carbonyl (C=O) groups excluding carboxylic acids is 1. The molecule has 1 aliphatic heterocycles. The van der Waals surface area contributed by atoms with Crippen LogP contribution in [0.25, 0.3) is 0 Å². The summed E-state index contributed by atoms with van der Waals surface area (Å²) in [4.78, 5) is 16.5. The Morgan fingerprint density at radius 2 is 1.75 bits per heavy atom. The molecule has 9 nitrogen and oxygen atoms in total. The van der Waals surface area contributed by atoms with Crippen LogP contribution < -0.4 is 16.0 Å². The van der Waals surface area contributed by atoms with E-state index in [4.69, 9.17) is 20.4 Å². The summed E-state index contributed by atoms with van der Waals surface area (Å²) >= 11 is 0. The lowest BCUT2D eigenvalue weighted by atomic mass is 9.98. The van der Waals surface area contributed by atoms with Crippen molar-refractivity contribution in [1.82, 2.24) is 5.48 Å². The van der Waals surface area contributed by atoms with Gasteiger partial charge in [0.05, 0.1) is 11.4 Å². The Morgan fingerprint density at radius 3 is 2.34 bits per heavy atom. The van der Waals surface area contributed by atoms with E-state index >= 15 is 0 Å². The predicted molar refractivity (Wildman–Crippen MR) is 121 cm³/mol. The highest BCUT2D eigenvalue weighted by atomic mass is 35.5. The Labute approximate surface area is 192 Å². The fraction of sp³-hybridized carbons (Fsp3) is 0.333. The molecule has 0 aromatic heterocycles. The first kappa shape index (κ1) is 25.6. The number of nitrogens with zero attached hydrogens (tertiary/aromatic N) is 1. The smallest absolute Gasteiger partial charge is 0.265 e. The van der Waals surface area contributed by atoms with Crippen LogP contribution in [-0.2, 0) is 19.4 Å². The van der Waals surface area contributed by atoms with E-state index in [1.54, 1.807) is 0 Å². The van der Waals surface area contributed by atoms with Gasteiger partial charge in [-0.2, -0.15) is 0 Å². The number of hydroxylamine groups is 1. The normalized spacial score (nSPS) is 16.0. The van der Waals surface area contributed by atoms with Crippen LogP contribution >= 0.6 is 12.4 Å². The monoisotopic (exact) mass is 483 g/mol. The van der Waals surface area contributed by atoms with Gasteiger partial charge in [-0.25, -0.2) is 13.9 Å². The molecule has 11 heteroatoms. The summed E-state index contributed by atoms with van der Waals surface area (Å²) in [6, 6.07) is 15.2. The van der Waals surface area contributed by atoms with Gasteiger partial charge in [0.25, 0.3) is 5.91 Å². The Balaban J connectivity index is 0.00000363. The van der Waals surface area contributed by atoms with E-state index in [0.717, 1.165) is 5.56 Å². The molecule has 1 heterocycles. The number of benzene rings is 2. The predicted octanol–water partition coefficient (Wildman–Crippen LogP) is 1.72. The zero-order valence-corrected chi connectivity index (χ0v) is 18.9. The van der Waals surface area contributed by atoms with Gasteiger partial charge in [0, 0.05) is 18.8 Å². The van der Waals surface area contributed by atoms with Crippen molar-refractivity contribution >= 4 is 34.0 Å². The highest BCUT2D eigenvalue weighted by molar-refractivity contribution is 7.93. The van der Waals surface area contributed by atoms with Crippen molar-refractivity contribution in [3.05, 3.63) is 60.2 Å². The Hall–Kier alpha value is -2.66. The minimum absolute atomic E-state index is 0. The molecule has 0 atom stereocenters. The molecule has 1 fully saturated rings. The average molecular weight is 484 g/mol. The second-order valence-corrected chi connectivity index (χ2v) is 9.26. The number of halogens is 1. The number of ether oxygens (including phenoxy) is 2. The number of hydrogen-bond donors (Lipinski definition) is 3. The van der Waals surface area contributed by atoms with Gasteiger partial charge in [0.1, 0.15) is 18.2 Å². The first-order valence-corrected chi connectivity index (χ1v) is 11.2. The molecule has 1 saturated heterocycles. The lowest BCUT2D eigenvalue weighted by Gasteiger charge is -2.34. The molecule has 4 N–H and O–H groups in total. The molecule has 0 unspecified atom stereocenters. The van der Waals surface area contributed by atoms with Gasteiger partial charge in [-0.3, -0.25) is 15.0 Å². The van der Waals surface area contributed by atoms with Gasteiger partial charge in [-0.15, -0.1) is 12.4 Å². The summed E-state index contributed by atoms with van der Waals surface area (Å²) in [6.45, 7) is 0.815. The van der Waals surface area contributed by atoms with Gasteiger partial charge in [-0.05, 0) is 37.1 Å². The lowest BCUT2D eigenvalue weighted by molar-refractivity contribution is -0.134. The van der Waals surface area contributed by atoms with Crippen LogP contribution in [0.3, 0.4) is 0 Å². The van der Waals surface area contributed by atoms with Crippen LogP contribution in [0.1, 0.15) is 18.4 Å². The number of rotatable bonds is 8. The highest BCUT2D eigenvalue weighted by Crippen LogP contribution is 2.35. The van der Waals surface area contributed by atoms with Crippen molar-refractivity contribution in [1.29, 1.82) is 0 Å². The number of amidine groups is 1. The molecule has 174 valence electrons. The first-order valence-electron chi connectivity index (χ1n) is 9.76. The fourth-order valence-corrected chi connectivity index (χ4v) is 5.33. The molecule has 1 amide bonds. The maximum Gasteiger partial charge on any atom is 0.265 e. The third kappa shape index (κ3) is 5.39. The van der Waals surface area contributed by atoms with Gasteiger partial charge < -0.3 is 15.2 Å². The fourth-order valence-electron chi connectivity index (χ4n) is 3.39. The zero-order valence-electron chi connectivity index (χ0n) is 17.3. The molecule has 0 bridgehead atoms. The molecule has 1 aliphatic rings. The Morgan fingerprint density at radius 1 is 1.12 bits per heavy atom. The average Bonchev–Trinajstić information content (AvgIpc) is 2.82. The van der Waals surface area contributed by atoms with Crippen molar-refractivity contribution in [2.45, 2.75) is 22.5 Å². The summed E-state index contributed by atoms with van der Waals surface area (Å²) in [5, 5.41) is 9.09. The Bertz CT molecular complexity index is 1020. The maximum absolute atomic E-state index is 13.2. The minimum atomic E-state index is -4.06. The van der Waals surface area contributed by atoms with Crippen molar-refractivity contribution in [3.8, 4) is 5.75 Å². The molecule has 32 heavy (non-hydrogen) atoms. The van der Waals surface area contributed by atoms with Crippen LogP contribution in [0.15, 0.2) is 64.5 Å². The van der Waals surface area contributed by atoms with E-state index in [1.165, 1.54) is 29.7 Å². The molecule has 3 rings (SSSR count). The van der Waals surface area contributed by atoms with E-state index in [9.17, 15) is 13.2 Å². The van der Waals surface area contributed by atoms with Crippen LogP contribution in [-0.4, -0.2) is 56.5 Å². The number of hydrogen-bond acceptors (Lipinski definition) is 7. The van der Waals surface area contributed by atoms with Crippen molar-refractivity contribution in [2.24, 2.45) is 10.7 Å². The standard InChI is InChI=1S/C21H25N3O6S.ClH/c22-19(16-4-2-1-3-5-16)23-12-15-30-17-6-8-18(9-7-17)31(27,28)21(20(25)24-26)10-13-29-14-11-21;/h1-9,26H,10-15H2,(H2,22,23)(H,24,25);1H. The zero-order chi connectivity index (χ0) is 22.3. The van der Waals surface area contributed by atoms with Crippen LogP contribution in [0, 0.1) is 0 Å². The summed E-state index contributed by atoms with van der Waals surface area (Å²) in [5.41, 5.74) is 8.25. The lowest BCUT2D eigenvalue weighted by Crippen LogP contribution is -2.54. The number of nitrogens with two attached hydrogens (primary N) is 1. The molecule has 0 saturated carbocycles. The second kappa shape index (κ2) is 11.3. The largest absolute Gasteiger partial charge is 0.492 e. The van der Waals surface area contributed by atoms with Crippen LogP contribution in [0.2, 0.25) is 0 Å². The molecular weight excluding hydrogens is 458 g/mol. The molecule has 0 spiro atoms. The summed E-state index contributed by atoms with van der Waals surface area (Å²) < 4.78 is 35.4. The van der Waals surface area contributed by atoms with Gasteiger partial charge in [-0.1, -0.05) is 30.3 Å². The van der Waals surface area contributed by atoms with Gasteiger partial charge in [0.15, 0.2) is 14.6 Å². The number of amides is 1. The second-order valence-electron chi connectivity index (χ2n) is 7.00. The van der Waals surface area contributed by atoms with E-state index in [0.29, 0.717) is 18.1 Å². The SMILES string of the molecule is Cl.NC(=NCCOc1ccc(S(=O)(=O)C2(C(=O)NO)CCOCC2)cc1)c1ccccc1. The van der Waals surface area contributed by atoms with E-state index < -0.39 is 20.5 Å². The molecular formula is C21H26ClN3O6S.